The van der Waals surface area contributed by atoms with Crippen LogP contribution in [0.2, 0.25) is 0 Å². The number of rotatable bonds is 2. The highest BCUT2D eigenvalue weighted by molar-refractivity contribution is 5.86. The second-order valence-corrected chi connectivity index (χ2v) is 6.89. The van der Waals surface area contributed by atoms with E-state index in [1.165, 1.54) is 4.80 Å². The third kappa shape index (κ3) is 2.44. The Kier molecular flexibility index (Phi) is 3.51. The number of hydrogen-bond donors (Lipinski definition) is 0. The van der Waals surface area contributed by atoms with Crippen LogP contribution in [0.4, 0.5) is 0 Å². The van der Waals surface area contributed by atoms with E-state index in [-0.39, 0.29) is 23.8 Å². The Bertz CT molecular complexity index is 768. The Balaban J connectivity index is 1.46. The first-order chi connectivity index (χ1) is 11.6. The molecule has 3 heterocycles. The van der Waals surface area contributed by atoms with Crippen molar-refractivity contribution in [3.63, 3.8) is 0 Å². The summed E-state index contributed by atoms with van der Waals surface area (Å²) in [6, 6.07) is 7.56. The maximum Gasteiger partial charge on any atom is 0.246 e. The third-order valence-electron chi connectivity index (χ3n) is 5.26. The van der Waals surface area contributed by atoms with Gasteiger partial charge in [-0.15, -0.1) is 0 Å². The maximum absolute atomic E-state index is 12.6. The van der Waals surface area contributed by atoms with Crippen LogP contribution in [0.3, 0.4) is 0 Å². The van der Waals surface area contributed by atoms with E-state index in [2.05, 4.69) is 10.2 Å². The first-order valence-corrected chi connectivity index (χ1v) is 8.41. The zero-order valence-electron chi connectivity index (χ0n) is 13.8. The molecule has 1 unspecified atom stereocenters. The molecular formula is C17H21N5O2. The lowest BCUT2D eigenvalue weighted by atomic mass is 9.78. The van der Waals surface area contributed by atoms with Gasteiger partial charge in [0.25, 0.3) is 0 Å². The van der Waals surface area contributed by atoms with E-state index in [1.807, 2.05) is 31.3 Å². The van der Waals surface area contributed by atoms with E-state index in [4.69, 9.17) is 0 Å². The monoisotopic (exact) mass is 327 g/mol. The predicted octanol–water partition coefficient (Wildman–Crippen LogP) is 0.902. The Morgan fingerprint density at radius 1 is 1.17 bits per heavy atom. The Labute approximate surface area is 140 Å². The van der Waals surface area contributed by atoms with Gasteiger partial charge in [0.15, 0.2) is 0 Å². The molecule has 0 bridgehead atoms. The SMILES string of the molecule is CN1CCCC2(CCN(C(=O)Cn3nc4ccccc4n3)C2)C1=O. The molecule has 2 aromatic rings. The zero-order chi connectivity index (χ0) is 16.7. The van der Waals surface area contributed by atoms with Crippen LogP contribution in [0.1, 0.15) is 19.3 Å². The van der Waals surface area contributed by atoms with Crippen molar-refractivity contribution in [2.45, 2.75) is 25.8 Å². The van der Waals surface area contributed by atoms with Crippen molar-refractivity contribution < 1.29 is 9.59 Å². The van der Waals surface area contributed by atoms with E-state index in [0.717, 1.165) is 36.8 Å². The number of carbonyl (C=O) groups is 2. The van der Waals surface area contributed by atoms with Gasteiger partial charge in [-0.1, -0.05) is 12.1 Å². The fraction of sp³-hybridized carbons (Fsp3) is 0.529. The number of likely N-dealkylation sites (tertiary alicyclic amines) is 2. The molecule has 1 aromatic heterocycles. The molecule has 0 aliphatic carbocycles. The molecule has 1 aromatic carbocycles. The van der Waals surface area contributed by atoms with Crippen LogP contribution in [0.25, 0.3) is 11.0 Å². The van der Waals surface area contributed by atoms with Crippen molar-refractivity contribution in [3.05, 3.63) is 24.3 Å². The van der Waals surface area contributed by atoms with Gasteiger partial charge in [-0.2, -0.15) is 15.0 Å². The van der Waals surface area contributed by atoms with Crippen LogP contribution in [0.5, 0.6) is 0 Å². The average Bonchev–Trinajstić information content (AvgIpc) is 3.17. The number of fused-ring (bicyclic) bond motifs is 1. The molecule has 126 valence electrons. The molecule has 1 spiro atoms. The molecular weight excluding hydrogens is 306 g/mol. The van der Waals surface area contributed by atoms with Gasteiger partial charge < -0.3 is 9.80 Å². The molecule has 24 heavy (non-hydrogen) atoms. The molecule has 2 amide bonds. The van der Waals surface area contributed by atoms with Crippen molar-refractivity contribution in [1.29, 1.82) is 0 Å². The van der Waals surface area contributed by atoms with Crippen molar-refractivity contribution >= 4 is 22.8 Å². The first kappa shape index (κ1) is 15.1. The fourth-order valence-corrected chi connectivity index (χ4v) is 3.93. The summed E-state index contributed by atoms with van der Waals surface area (Å²) < 4.78 is 0. The van der Waals surface area contributed by atoms with E-state index in [1.54, 1.807) is 9.80 Å². The molecule has 0 N–H and O–H groups in total. The van der Waals surface area contributed by atoms with Gasteiger partial charge >= 0.3 is 0 Å². The molecule has 1 atom stereocenters. The highest BCUT2D eigenvalue weighted by atomic mass is 16.2. The van der Waals surface area contributed by atoms with E-state index < -0.39 is 0 Å². The lowest BCUT2D eigenvalue weighted by Gasteiger charge is -2.37. The molecule has 2 fully saturated rings. The molecule has 7 nitrogen and oxygen atoms in total. The van der Waals surface area contributed by atoms with Crippen LogP contribution in [0.15, 0.2) is 24.3 Å². The van der Waals surface area contributed by atoms with Crippen molar-refractivity contribution in [3.8, 4) is 0 Å². The van der Waals surface area contributed by atoms with Crippen LogP contribution < -0.4 is 0 Å². The standard InChI is InChI=1S/C17H21N5O2/c1-20-9-4-7-17(16(20)24)8-10-21(12-17)15(23)11-22-18-13-5-2-3-6-14(13)19-22/h2-3,5-6H,4,7-12H2,1H3. The number of carbonyl (C=O) groups excluding carboxylic acids is 2. The molecule has 2 aliphatic rings. The third-order valence-corrected chi connectivity index (χ3v) is 5.26. The van der Waals surface area contributed by atoms with Crippen molar-refractivity contribution in [1.82, 2.24) is 24.8 Å². The Morgan fingerprint density at radius 3 is 2.58 bits per heavy atom. The predicted molar refractivity (Wildman–Crippen MR) is 88.0 cm³/mol. The van der Waals surface area contributed by atoms with E-state index in [9.17, 15) is 9.59 Å². The normalized spacial score (nSPS) is 24.3. The van der Waals surface area contributed by atoms with Crippen LogP contribution in [0, 0.1) is 5.41 Å². The number of amides is 2. The summed E-state index contributed by atoms with van der Waals surface area (Å²) in [6.07, 6.45) is 2.65. The summed E-state index contributed by atoms with van der Waals surface area (Å²) in [5.41, 5.74) is 1.20. The molecule has 0 radical (unpaired) electrons. The Hall–Kier alpha value is -2.44. The zero-order valence-corrected chi connectivity index (χ0v) is 13.8. The van der Waals surface area contributed by atoms with E-state index >= 15 is 0 Å². The van der Waals surface area contributed by atoms with Crippen molar-refractivity contribution in [2.75, 3.05) is 26.7 Å². The number of benzene rings is 1. The Morgan fingerprint density at radius 2 is 1.88 bits per heavy atom. The summed E-state index contributed by atoms with van der Waals surface area (Å²) in [6.45, 7) is 2.10. The summed E-state index contributed by atoms with van der Waals surface area (Å²) in [5.74, 6) is 0.167. The fourth-order valence-electron chi connectivity index (χ4n) is 3.93. The maximum atomic E-state index is 12.6. The smallest absolute Gasteiger partial charge is 0.246 e. The van der Waals surface area contributed by atoms with E-state index in [0.29, 0.717) is 13.1 Å². The largest absolute Gasteiger partial charge is 0.345 e. The highest BCUT2D eigenvalue weighted by Gasteiger charge is 2.48. The number of aromatic nitrogens is 3. The summed E-state index contributed by atoms with van der Waals surface area (Å²) >= 11 is 0. The molecule has 2 aliphatic heterocycles. The minimum Gasteiger partial charge on any atom is -0.345 e. The lowest BCUT2D eigenvalue weighted by Crippen LogP contribution is -2.48. The van der Waals surface area contributed by atoms with Crippen LogP contribution >= 0.6 is 0 Å². The van der Waals surface area contributed by atoms with Gasteiger partial charge in [0, 0.05) is 26.7 Å². The minimum atomic E-state index is -0.370. The second kappa shape index (κ2) is 5.58. The van der Waals surface area contributed by atoms with Gasteiger partial charge in [0.1, 0.15) is 17.6 Å². The summed E-state index contributed by atoms with van der Waals surface area (Å²) in [5, 5.41) is 8.68. The minimum absolute atomic E-state index is 0.0202. The number of piperidine rings is 1. The summed E-state index contributed by atoms with van der Waals surface area (Å²) in [7, 11) is 1.85. The van der Waals surface area contributed by atoms with Crippen LogP contribution in [-0.2, 0) is 16.1 Å². The van der Waals surface area contributed by atoms with Crippen molar-refractivity contribution in [2.24, 2.45) is 5.41 Å². The molecule has 7 heteroatoms. The van der Waals surface area contributed by atoms with Gasteiger partial charge in [-0.05, 0) is 31.4 Å². The molecule has 2 saturated heterocycles. The summed E-state index contributed by atoms with van der Waals surface area (Å²) in [4.78, 5) is 30.2. The van der Waals surface area contributed by atoms with Gasteiger partial charge in [-0.25, -0.2) is 0 Å². The second-order valence-electron chi connectivity index (χ2n) is 6.89. The average molecular weight is 327 g/mol. The van der Waals surface area contributed by atoms with Crippen LogP contribution in [-0.4, -0.2) is 63.3 Å². The molecule has 0 saturated carbocycles. The lowest BCUT2D eigenvalue weighted by molar-refractivity contribution is -0.144. The quantitative estimate of drug-likeness (QED) is 0.822. The number of nitrogens with zero attached hydrogens (tertiary/aromatic N) is 5. The van der Waals surface area contributed by atoms with Gasteiger partial charge in [-0.3, -0.25) is 9.59 Å². The van der Waals surface area contributed by atoms with Gasteiger partial charge in [0.2, 0.25) is 11.8 Å². The number of hydrogen-bond acceptors (Lipinski definition) is 4. The molecule has 4 rings (SSSR count). The van der Waals surface area contributed by atoms with Gasteiger partial charge in [0.05, 0.1) is 5.41 Å². The first-order valence-electron chi connectivity index (χ1n) is 8.41. The highest BCUT2D eigenvalue weighted by Crippen LogP contribution is 2.39. The topological polar surface area (TPSA) is 71.3 Å².